The van der Waals surface area contributed by atoms with Crippen LogP contribution in [-0.4, -0.2) is 5.57 Å². The van der Waals surface area contributed by atoms with Gasteiger partial charge in [-0.3, -0.25) is 0 Å². The Morgan fingerprint density at radius 3 is 1.67 bits per heavy atom. The summed E-state index contributed by atoms with van der Waals surface area (Å²) in [6.45, 7) is 11.9. The average Bonchev–Trinajstić information content (AvgIpc) is 1.64. The van der Waals surface area contributed by atoms with E-state index in [1.54, 1.807) is 0 Å². The van der Waals surface area contributed by atoms with Gasteiger partial charge in [0.25, 0.3) is 0 Å². The Hall–Kier alpha value is 0.947. The van der Waals surface area contributed by atoms with Crippen LogP contribution in [0.1, 0.15) is 27.2 Å². The molecular formula is C7H17ISi. The maximum atomic E-state index is 2.66. The lowest BCUT2D eigenvalue weighted by molar-refractivity contribution is 0.633. The summed E-state index contributed by atoms with van der Waals surface area (Å²) in [5, 5.41) is 0.605. The fraction of sp³-hybridized carbons (Fsp3) is 1.00. The van der Waals surface area contributed by atoms with Crippen molar-refractivity contribution in [3.05, 3.63) is 0 Å². The van der Waals surface area contributed by atoms with Gasteiger partial charge in [-0.25, -0.2) is 0 Å². The molecule has 0 unspecified atom stereocenters. The molecule has 0 nitrogen and oxygen atoms in total. The summed E-state index contributed by atoms with van der Waals surface area (Å²) >= 11 is 2.66. The Kier molecular flexibility index (Phi) is 3.21. The molecule has 0 rings (SSSR count). The first-order valence-corrected chi connectivity index (χ1v) is 9.61. The predicted molar refractivity (Wildman–Crippen MR) is 55.8 cm³/mol. The largest absolute Gasteiger partial charge is 0.125 e. The van der Waals surface area contributed by atoms with Crippen LogP contribution in [0.4, 0.5) is 0 Å². The van der Waals surface area contributed by atoms with Crippen molar-refractivity contribution >= 4 is 27.4 Å². The van der Waals surface area contributed by atoms with Gasteiger partial charge in [0, 0.05) is 0 Å². The molecule has 0 aromatic rings. The van der Waals surface area contributed by atoms with Gasteiger partial charge in [-0.15, -0.1) is 21.8 Å². The molecule has 0 spiro atoms. The Bertz CT molecular complexity index is 91.6. The molecule has 0 aliphatic rings. The van der Waals surface area contributed by atoms with Crippen LogP contribution in [0.3, 0.4) is 0 Å². The summed E-state index contributed by atoms with van der Waals surface area (Å²) in [5.74, 6) is 0. The predicted octanol–water partition coefficient (Wildman–Crippen LogP) is 3.82. The van der Waals surface area contributed by atoms with Crippen molar-refractivity contribution in [3.8, 4) is 0 Å². The number of rotatable bonds is 2. The standard InChI is InChI=1S/C7H17ISi/c1-6-7(2,3)9(4,5)8/h6H2,1-5H3. The van der Waals surface area contributed by atoms with Crippen molar-refractivity contribution in [2.24, 2.45) is 0 Å². The molecule has 0 fully saturated rings. The number of halogens is 1. The van der Waals surface area contributed by atoms with Crippen molar-refractivity contribution < 1.29 is 0 Å². The van der Waals surface area contributed by atoms with E-state index < -0.39 is 5.57 Å². The van der Waals surface area contributed by atoms with Crippen LogP contribution in [0, 0.1) is 0 Å². The molecular weight excluding hydrogens is 239 g/mol. The lowest BCUT2D eigenvalue weighted by atomic mass is 10.1. The summed E-state index contributed by atoms with van der Waals surface area (Å²) in [6.07, 6.45) is 1.31. The van der Waals surface area contributed by atoms with Gasteiger partial charge in [0.1, 0.15) is 5.57 Å². The molecule has 2 heteroatoms. The molecule has 0 aliphatic heterocycles. The van der Waals surface area contributed by atoms with E-state index in [2.05, 4.69) is 55.7 Å². The van der Waals surface area contributed by atoms with Crippen LogP contribution in [0.15, 0.2) is 0 Å². The fourth-order valence-electron chi connectivity index (χ4n) is 0.420. The first kappa shape index (κ1) is 9.95. The van der Waals surface area contributed by atoms with Crippen LogP contribution < -0.4 is 0 Å². The smallest absolute Gasteiger partial charge is 0.119 e. The minimum Gasteiger partial charge on any atom is -0.119 e. The van der Waals surface area contributed by atoms with Crippen LogP contribution >= 0.6 is 21.8 Å². The summed E-state index contributed by atoms with van der Waals surface area (Å²) in [4.78, 5) is 0. The second-order valence-electron chi connectivity index (χ2n) is 3.71. The molecule has 0 radical (unpaired) electrons. The third kappa shape index (κ3) is 2.58. The monoisotopic (exact) mass is 256 g/mol. The third-order valence-corrected chi connectivity index (χ3v) is 10.4. The molecule has 0 aromatic carbocycles. The molecule has 0 bridgehead atoms. The Labute approximate surface area is 72.6 Å². The molecule has 56 valence electrons. The highest BCUT2D eigenvalue weighted by Gasteiger charge is 2.34. The quantitative estimate of drug-likeness (QED) is 0.400. The minimum atomic E-state index is -0.915. The number of hydrogen-bond donors (Lipinski definition) is 0. The summed E-state index contributed by atoms with van der Waals surface area (Å²) in [7, 11) is 0. The van der Waals surface area contributed by atoms with Crippen molar-refractivity contribution in [3.63, 3.8) is 0 Å². The summed E-state index contributed by atoms with van der Waals surface area (Å²) in [6, 6.07) is 0. The van der Waals surface area contributed by atoms with Gasteiger partial charge in [-0.1, -0.05) is 40.3 Å². The molecule has 0 saturated carbocycles. The molecule has 0 amide bonds. The Morgan fingerprint density at radius 1 is 1.33 bits per heavy atom. The Morgan fingerprint density at radius 2 is 1.67 bits per heavy atom. The van der Waals surface area contributed by atoms with Crippen molar-refractivity contribution in [1.82, 2.24) is 0 Å². The first-order valence-electron chi connectivity index (χ1n) is 3.50. The Balaban J connectivity index is 4.14. The van der Waals surface area contributed by atoms with Gasteiger partial charge in [0.15, 0.2) is 0 Å². The zero-order valence-electron chi connectivity index (χ0n) is 7.09. The minimum absolute atomic E-state index is 0.605. The first-order chi connectivity index (χ1) is 3.81. The molecule has 9 heavy (non-hydrogen) atoms. The van der Waals surface area contributed by atoms with Gasteiger partial charge in [-0.2, -0.15) is 0 Å². The van der Waals surface area contributed by atoms with Crippen LogP contribution in [0.2, 0.25) is 18.1 Å². The molecule has 0 N–H and O–H groups in total. The van der Waals surface area contributed by atoms with E-state index in [4.69, 9.17) is 0 Å². The number of hydrogen-bond acceptors (Lipinski definition) is 0. The molecule has 0 atom stereocenters. The van der Waals surface area contributed by atoms with E-state index in [-0.39, 0.29) is 0 Å². The molecule has 0 aromatic heterocycles. The maximum Gasteiger partial charge on any atom is 0.125 e. The van der Waals surface area contributed by atoms with E-state index in [9.17, 15) is 0 Å². The zero-order valence-corrected chi connectivity index (χ0v) is 10.2. The van der Waals surface area contributed by atoms with Crippen molar-refractivity contribution in [2.75, 3.05) is 0 Å². The van der Waals surface area contributed by atoms with Gasteiger partial charge in [-0.05, 0) is 5.04 Å². The summed E-state index contributed by atoms with van der Waals surface area (Å²) < 4.78 is 0. The maximum absolute atomic E-state index is 2.66. The van der Waals surface area contributed by atoms with E-state index >= 15 is 0 Å². The van der Waals surface area contributed by atoms with E-state index in [1.165, 1.54) is 6.42 Å². The van der Waals surface area contributed by atoms with Gasteiger partial charge < -0.3 is 0 Å². The van der Waals surface area contributed by atoms with E-state index in [0.717, 1.165) is 0 Å². The topological polar surface area (TPSA) is 0 Å². The van der Waals surface area contributed by atoms with Crippen LogP contribution in [0.5, 0.6) is 0 Å². The molecule has 0 aliphatic carbocycles. The SMILES string of the molecule is CCC(C)(C)[Si](C)(C)I. The highest BCUT2D eigenvalue weighted by Crippen LogP contribution is 2.43. The molecule has 0 heterocycles. The van der Waals surface area contributed by atoms with Crippen LogP contribution in [-0.2, 0) is 0 Å². The van der Waals surface area contributed by atoms with Crippen molar-refractivity contribution in [2.45, 2.75) is 45.3 Å². The lowest BCUT2D eigenvalue weighted by Crippen LogP contribution is -2.31. The second kappa shape index (κ2) is 2.90. The lowest BCUT2D eigenvalue weighted by Gasteiger charge is -2.34. The zero-order chi connectivity index (χ0) is 7.71. The third-order valence-electron chi connectivity index (χ3n) is 2.49. The van der Waals surface area contributed by atoms with Crippen molar-refractivity contribution in [1.29, 1.82) is 0 Å². The van der Waals surface area contributed by atoms with E-state index in [0.29, 0.717) is 5.04 Å². The molecule has 0 saturated heterocycles. The van der Waals surface area contributed by atoms with E-state index in [1.807, 2.05) is 0 Å². The highest BCUT2D eigenvalue weighted by molar-refractivity contribution is 14.1. The fourth-order valence-corrected chi connectivity index (χ4v) is 2.41. The van der Waals surface area contributed by atoms with Gasteiger partial charge >= 0.3 is 0 Å². The summed E-state index contributed by atoms with van der Waals surface area (Å²) in [5.41, 5.74) is -0.915. The van der Waals surface area contributed by atoms with Crippen LogP contribution in [0.25, 0.3) is 0 Å². The van der Waals surface area contributed by atoms with Gasteiger partial charge in [0.2, 0.25) is 0 Å². The average molecular weight is 256 g/mol. The van der Waals surface area contributed by atoms with Gasteiger partial charge in [0.05, 0.1) is 0 Å². The highest BCUT2D eigenvalue weighted by atomic mass is 127. The second-order valence-corrected chi connectivity index (χ2v) is 16.1. The normalized spacial score (nSPS) is 14.0.